The second-order valence-corrected chi connectivity index (χ2v) is 5.23. The third kappa shape index (κ3) is 1.73. The second kappa shape index (κ2) is 3.98. The van der Waals surface area contributed by atoms with E-state index in [1.165, 1.54) is 0 Å². The van der Waals surface area contributed by atoms with Crippen molar-refractivity contribution in [1.29, 1.82) is 0 Å². The Balaban J connectivity index is 2.14. The third-order valence-corrected chi connectivity index (χ3v) is 4.02. The molecule has 1 aliphatic heterocycles. The highest BCUT2D eigenvalue weighted by Gasteiger charge is 2.37. The Labute approximate surface area is 101 Å². The number of nitrogens with two attached hydrogens (primary N) is 1. The molecule has 3 heteroatoms. The van der Waals surface area contributed by atoms with Crippen molar-refractivity contribution in [1.82, 2.24) is 0 Å². The Bertz CT molecular complexity index is 438. The van der Waals surface area contributed by atoms with Gasteiger partial charge in [-0.15, -0.1) is 0 Å². The van der Waals surface area contributed by atoms with Crippen molar-refractivity contribution in [2.45, 2.75) is 44.1 Å². The van der Waals surface area contributed by atoms with Crippen molar-refractivity contribution in [3.63, 3.8) is 0 Å². The largest absolute Gasteiger partial charge is 0.493 e. The van der Waals surface area contributed by atoms with Crippen LogP contribution in [0.25, 0.3) is 0 Å². The molecule has 0 bridgehead atoms. The van der Waals surface area contributed by atoms with Crippen molar-refractivity contribution in [2.75, 3.05) is 6.61 Å². The van der Waals surface area contributed by atoms with Gasteiger partial charge < -0.3 is 10.5 Å². The minimum Gasteiger partial charge on any atom is -0.493 e. The first kappa shape index (κ1) is 11.0. The summed E-state index contributed by atoms with van der Waals surface area (Å²) >= 11 is 0. The molecule has 3 rings (SSSR count). The highest BCUT2D eigenvalue weighted by molar-refractivity contribution is 5.47. The lowest BCUT2D eigenvalue weighted by Gasteiger charge is -2.30. The normalized spacial score (nSPS) is 22.0. The molecule has 2 nitrogen and oxygen atoms in total. The molecule has 0 aromatic heterocycles. The Hall–Kier alpha value is -1.09. The van der Waals surface area contributed by atoms with E-state index in [2.05, 4.69) is 0 Å². The van der Waals surface area contributed by atoms with Crippen LogP contribution in [0.2, 0.25) is 0 Å². The monoisotopic (exact) mass is 235 g/mol. The molecule has 2 N–H and O–H groups in total. The number of aryl methyl sites for hydroxylation is 1. The fraction of sp³-hybridized carbons (Fsp3) is 0.571. The van der Waals surface area contributed by atoms with Gasteiger partial charge in [-0.2, -0.15) is 0 Å². The van der Waals surface area contributed by atoms with Gasteiger partial charge >= 0.3 is 0 Å². The van der Waals surface area contributed by atoms with E-state index in [4.69, 9.17) is 10.5 Å². The van der Waals surface area contributed by atoms with Gasteiger partial charge in [0.05, 0.1) is 6.61 Å². The standard InChI is InChI=1S/C14H18FNO/c15-11-6-5-10-4-3-9-17-13(10)12(11)14(16)7-1-2-8-14/h5-6H,1-4,7-9,16H2. The molecule has 0 radical (unpaired) electrons. The zero-order valence-electron chi connectivity index (χ0n) is 9.97. The van der Waals surface area contributed by atoms with Crippen LogP contribution in [0, 0.1) is 5.82 Å². The maximum atomic E-state index is 14.1. The first-order valence-electron chi connectivity index (χ1n) is 6.44. The van der Waals surface area contributed by atoms with Crippen LogP contribution in [0.1, 0.15) is 43.2 Å². The summed E-state index contributed by atoms with van der Waals surface area (Å²) in [5.74, 6) is 0.538. The summed E-state index contributed by atoms with van der Waals surface area (Å²) in [6.45, 7) is 0.680. The minimum atomic E-state index is -0.507. The molecule has 0 atom stereocenters. The maximum Gasteiger partial charge on any atom is 0.131 e. The SMILES string of the molecule is NC1(c2c(F)ccc3c2OCCC3)CCCC1. The molecule has 1 aromatic rings. The number of benzene rings is 1. The third-order valence-electron chi connectivity index (χ3n) is 4.02. The zero-order chi connectivity index (χ0) is 11.9. The summed E-state index contributed by atoms with van der Waals surface area (Å²) in [6.07, 6.45) is 5.88. The topological polar surface area (TPSA) is 35.2 Å². The summed E-state index contributed by atoms with van der Waals surface area (Å²) in [4.78, 5) is 0. The lowest BCUT2D eigenvalue weighted by atomic mass is 9.85. The molecule has 1 heterocycles. The smallest absolute Gasteiger partial charge is 0.131 e. The summed E-state index contributed by atoms with van der Waals surface area (Å²) in [5.41, 5.74) is 7.62. The number of hydrogen-bond acceptors (Lipinski definition) is 2. The fourth-order valence-electron chi connectivity index (χ4n) is 3.12. The Kier molecular flexibility index (Phi) is 2.58. The van der Waals surface area contributed by atoms with Crippen LogP contribution in [0.5, 0.6) is 5.75 Å². The van der Waals surface area contributed by atoms with Gasteiger partial charge in [0.25, 0.3) is 0 Å². The van der Waals surface area contributed by atoms with Gasteiger partial charge in [0.15, 0.2) is 0 Å². The van der Waals surface area contributed by atoms with E-state index in [-0.39, 0.29) is 5.82 Å². The number of hydrogen-bond donors (Lipinski definition) is 1. The van der Waals surface area contributed by atoms with Gasteiger partial charge in [0.1, 0.15) is 11.6 Å². The first-order chi connectivity index (χ1) is 8.21. The molecule has 1 aliphatic carbocycles. The summed E-state index contributed by atoms with van der Waals surface area (Å²) in [5, 5.41) is 0. The van der Waals surface area contributed by atoms with Gasteiger partial charge in [-0.05, 0) is 37.3 Å². The molecular formula is C14H18FNO. The van der Waals surface area contributed by atoms with E-state index in [0.29, 0.717) is 12.2 Å². The van der Waals surface area contributed by atoms with Crippen molar-refractivity contribution >= 4 is 0 Å². The number of rotatable bonds is 1. The van der Waals surface area contributed by atoms with E-state index in [0.717, 1.165) is 49.8 Å². The average Bonchev–Trinajstić information content (AvgIpc) is 2.76. The van der Waals surface area contributed by atoms with E-state index in [9.17, 15) is 4.39 Å². The van der Waals surface area contributed by atoms with Crippen molar-refractivity contribution in [3.05, 3.63) is 29.1 Å². The molecule has 1 saturated carbocycles. The Morgan fingerprint density at radius 2 is 1.94 bits per heavy atom. The maximum absolute atomic E-state index is 14.1. The van der Waals surface area contributed by atoms with Gasteiger partial charge in [-0.25, -0.2) is 4.39 Å². The van der Waals surface area contributed by atoms with Gasteiger partial charge in [-0.1, -0.05) is 18.9 Å². The molecule has 1 fully saturated rings. The predicted octanol–water partition coefficient (Wildman–Crippen LogP) is 2.88. The number of halogens is 1. The Morgan fingerprint density at radius 1 is 1.18 bits per heavy atom. The molecule has 0 unspecified atom stereocenters. The fourth-order valence-corrected chi connectivity index (χ4v) is 3.12. The number of fused-ring (bicyclic) bond motifs is 1. The van der Waals surface area contributed by atoms with E-state index < -0.39 is 5.54 Å². The predicted molar refractivity (Wildman–Crippen MR) is 64.5 cm³/mol. The molecule has 0 amide bonds. The molecule has 17 heavy (non-hydrogen) atoms. The number of ether oxygens (including phenoxy) is 1. The summed E-state index contributed by atoms with van der Waals surface area (Å²) < 4.78 is 19.8. The van der Waals surface area contributed by atoms with E-state index >= 15 is 0 Å². The minimum absolute atomic E-state index is 0.199. The molecule has 92 valence electrons. The van der Waals surface area contributed by atoms with Crippen LogP contribution in [-0.4, -0.2) is 6.61 Å². The van der Waals surface area contributed by atoms with Crippen molar-refractivity contribution < 1.29 is 9.13 Å². The average molecular weight is 235 g/mol. The second-order valence-electron chi connectivity index (χ2n) is 5.23. The molecule has 0 spiro atoms. The summed E-state index contributed by atoms with van der Waals surface area (Å²) in [7, 11) is 0. The summed E-state index contributed by atoms with van der Waals surface area (Å²) in [6, 6.07) is 3.39. The van der Waals surface area contributed by atoms with Gasteiger partial charge in [-0.3, -0.25) is 0 Å². The molecular weight excluding hydrogens is 217 g/mol. The molecule has 1 aromatic carbocycles. The lowest BCUT2D eigenvalue weighted by Crippen LogP contribution is -2.35. The zero-order valence-corrected chi connectivity index (χ0v) is 9.97. The van der Waals surface area contributed by atoms with Gasteiger partial charge in [0.2, 0.25) is 0 Å². The van der Waals surface area contributed by atoms with Crippen molar-refractivity contribution in [3.8, 4) is 5.75 Å². The lowest BCUT2D eigenvalue weighted by molar-refractivity contribution is 0.271. The van der Waals surface area contributed by atoms with Crippen LogP contribution < -0.4 is 10.5 Å². The Morgan fingerprint density at radius 3 is 2.71 bits per heavy atom. The van der Waals surface area contributed by atoms with E-state index in [1.54, 1.807) is 6.07 Å². The van der Waals surface area contributed by atoms with Gasteiger partial charge in [0, 0.05) is 11.1 Å². The van der Waals surface area contributed by atoms with Crippen LogP contribution in [0.15, 0.2) is 12.1 Å². The highest BCUT2D eigenvalue weighted by atomic mass is 19.1. The first-order valence-corrected chi connectivity index (χ1v) is 6.44. The van der Waals surface area contributed by atoms with Crippen LogP contribution in [0.3, 0.4) is 0 Å². The quantitative estimate of drug-likeness (QED) is 0.812. The van der Waals surface area contributed by atoms with Crippen LogP contribution in [0.4, 0.5) is 4.39 Å². The van der Waals surface area contributed by atoms with Crippen LogP contribution >= 0.6 is 0 Å². The van der Waals surface area contributed by atoms with E-state index in [1.807, 2.05) is 6.07 Å². The van der Waals surface area contributed by atoms with Crippen molar-refractivity contribution in [2.24, 2.45) is 5.73 Å². The molecule has 2 aliphatic rings. The molecule has 0 saturated heterocycles. The van der Waals surface area contributed by atoms with Crippen LogP contribution in [-0.2, 0) is 12.0 Å². The highest BCUT2D eigenvalue weighted by Crippen LogP contribution is 2.44.